The fourth-order valence-corrected chi connectivity index (χ4v) is 4.02. The average molecular weight is 436 g/mol. The summed E-state index contributed by atoms with van der Waals surface area (Å²) in [4.78, 5) is 42.2. The van der Waals surface area contributed by atoms with Crippen molar-refractivity contribution in [3.63, 3.8) is 0 Å². The Hall–Kier alpha value is -3.33. The minimum atomic E-state index is -0.564. The molecule has 1 atom stereocenters. The van der Waals surface area contributed by atoms with E-state index in [2.05, 4.69) is 43.6 Å². The number of nitrogens with one attached hydrogen (secondary N) is 2. The predicted molar refractivity (Wildman–Crippen MR) is 124 cm³/mol. The van der Waals surface area contributed by atoms with Crippen LogP contribution in [0.5, 0.6) is 0 Å². The van der Waals surface area contributed by atoms with Gasteiger partial charge in [0.2, 0.25) is 11.8 Å². The van der Waals surface area contributed by atoms with Crippen LogP contribution in [-0.2, 0) is 16.1 Å². The molecule has 2 bridgehead atoms. The second-order valence-corrected chi connectivity index (χ2v) is 8.34. The minimum absolute atomic E-state index is 0.157. The van der Waals surface area contributed by atoms with Gasteiger partial charge in [-0.3, -0.25) is 14.6 Å². The maximum Gasteiger partial charge on any atom is 0.238 e. The van der Waals surface area contributed by atoms with Crippen LogP contribution in [0, 0.1) is 0 Å². The van der Waals surface area contributed by atoms with Gasteiger partial charge in [-0.2, -0.15) is 0 Å². The van der Waals surface area contributed by atoms with Gasteiger partial charge in [-0.15, -0.1) is 0 Å². The van der Waals surface area contributed by atoms with Gasteiger partial charge in [0.05, 0.1) is 11.3 Å². The molecular weight excluding hydrogens is 406 g/mol. The number of benzene rings is 1. The first-order valence-electron chi connectivity index (χ1n) is 11.0. The van der Waals surface area contributed by atoms with Crippen molar-refractivity contribution in [1.82, 2.24) is 19.8 Å². The number of hydrogen-bond donors (Lipinski definition) is 2. The van der Waals surface area contributed by atoms with Crippen molar-refractivity contribution in [2.24, 2.45) is 4.99 Å². The van der Waals surface area contributed by atoms with E-state index < -0.39 is 5.92 Å². The summed E-state index contributed by atoms with van der Waals surface area (Å²) in [6.45, 7) is 2.89. The highest BCUT2D eigenvalue weighted by Crippen LogP contribution is 2.34. The molecule has 0 saturated carbocycles. The summed E-state index contributed by atoms with van der Waals surface area (Å²) in [7, 11) is 3.90. The van der Waals surface area contributed by atoms with E-state index >= 15 is 0 Å². The van der Waals surface area contributed by atoms with E-state index in [4.69, 9.17) is 0 Å². The van der Waals surface area contributed by atoms with Crippen molar-refractivity contribution in [3.05, 3.63) is 41.7 Å². The number of fused-ring (bicyclic) bond motifs is 2. The fraction of sp³-hybridized carbons (Fsp3) is 0.435. The molecule has 1 unspecified atom stereocenters. The first-order chi connectivity index (χ1) is 15.5. The van der Waals surface area contributed by atoms with Crippen LogP contribution < -0.4 is 10.6 Å². The first-order valence-corrected chi connectivity index (χ1v) is 11.0. The molecule has 2 N–H and O–H groups in total. The molecule has 1 aromatic heterocycles. The summed E-state index contributed by atoms with van der Waals surface area (Å²) >= 11 is 0. The molecule has 32 heavy (non-hydrogen) atoms. The van der Waals surface area contributed by atoms with Crippen molar-refractivity contribution < 1.29 is 9.59 Å². The lowest BCUT2D eigenvalue weighted by atomic mass is 10.0. The SMILES string of the molecule is CN1CCCC(=O)N(C)CCCNc2ncnc3c2C(C=Nc2cccc(c2)C1)C(=O)N3. The van der Waals surface area contributed by atoms with E-state index in [1.165, 1.54) is 6.33 Å². The molecule has 2 aliphatic rings. The Balaban J connectivity index is 1.62. The molecule has 1 aromatic carbocycles. The maximum atomic E-state index is 12.6. The fourth-order valence-electron chi connectivity index (χ4n) is 4.02. The summed E-state index contributed by atoms with van der Waals surface area (Å²) < 4.78 is 0. The minimum Gasteiger partial charge on any atom is -0.370 e. The van der Waals surface area contributed by atoms with Crippen LogP contribution in [0.15, 0.2) is 35.6 Å². The highest BCUT2D eigenvalue weighted by Gasteiger charge is 2.33. The maximum absolute atomic E-state index is 12.6. The number of anilines is 2. The van der Waals surface area contributed by atoms with E-state index in [9.17, 15) is 9.59 Å². The van der Waals surface area contributed by atoms with Crippen molar-refractivity contribution in [2.45, 2.75) is 31.7 Å². The van der Waals surface area contributed by atoms with Crippen molar-refractivity contribution in [1.29, 1.82) is 0 Å². The van der Waals surface area contributed by atoms with Crippen LogP contribution >= 0.6 is 0 Å². The standard InChI is InChI=1S/C23H29N7O2/c1-29-10-4-8-19(31)30(2)11-5-9-24-21-20-18(23(32)28-22(20)27-15-26-21)13-25-17-7-3-6-16(12-17)14-29/h3,6-7,12-13,15,18H,4-5,8-11,14H2,1-2H3,(H2,24,26,27,28,32). The normalized spacial score (nSPS) is 20.6. The number of nitrogens with zero attached hydrogens (tertiary/aromatic N) is 5. The Bertz CT molecular complexity index is 1020. The zero-order valence-corrected chi connectivity index (χ0v) is 18.5. The topological polar surface area (TPSA) is 103 Å². The predicted octanol–water partition coefficient (Wildman–Crippen LogP) is 2.40. The second kappa shape index (κ2) is 9.86. The Kier molecular flexibility index (Phi) is 6.75. The molecule has 9 heteroatoms. The molecule has 3 heterocycles. The van der Waals surface area contributed by atoms with Crippen molar-refractivity contribution >= 4 is 35.4 Å². The summed E-state index contributed by atoms with van der Waals surface area (Å²) in [6.07, 6.45) is 5.23. The molecule has 0 aliphatic carbocycles. The van der Waals surface area contributed by atoms with E-state index in [-0.39, 0.29) is 11.8 Å². The zero-order chi connectivity index (χ0) is 22.5. The molecule has 2 aromatic rings. The van der Waals surface area contributed by atoms with Crippen LogP contribution in [0.2, 0.25) is 0 Å². The number of hydrogen-bond acceptors (Lipinski definition) is 7. The summed E-state index contributed by atoms with van der Waals surface area (Å²) in [5.41, 5.74) is 2.63. The number of carbonyl (C=O) groups is 2. The van der Waals surface area contributed by atoms with Gasteiger partial charge < -0.3 is 20.4 Å². The Morgan fingerprint density at radius 1 is 1.06 bits per heavy atom. The molecule has 0 saturated heterocycles. The van der Waals surface area contributed by atoms with E-state index in [1.54, 1.807) is 11.1 Å². The molecule has 0 spiro atoms. The van der Waals surface area contributed by atoms with Crippen LogP contribution in [0.1, 0.15) is 36.3 Å². The number of aromatic nitrogens is 2. The highest BCUT2D eigenvalue weighted by atomic mass is 16.2. The lowest BCUT2D eigenvalue weighted by Crippen LogP contribution is -2.29. The Morgan fingerprint density at radius 3 is 2.78 bits per heavy atom. The molecule has 0 fully saturated rings. The lowest BCUT2D eigenvalue weighted by molar-refractivity contribution is -0.130. The van der Waals surface area contributed by atoms with Gasteiger partial charge in [0, 0.05) is 39.3 Å². The van der Waals surface area contributed by atoms with Crippen molar-refractivity contribution in [3.8, 4) is 0 Å². The monoisotopic (exact) mass is 435 g/mol. The molecule has 2 aliphatic heterocycles. The number of rotatable bonds is 0. The third-order valence-electron chi connectivity index (χ3n) is 5.77. The molecule has 2 amide bonds. The summed E-state index contributed by atoms with van der Waals surface area (Å²) in [5.74, 6) is 0.555. The van der Waals surface area contributed by atoms with Crippen molar-refractivity contribution in [2.75, 3.05) is 44.4 Å². The van der Waals surface area contributed by atoms with Gasteiger partial charge >= 0.3 is 0 Å². The Labute approximate surface area is 187 Å². The number of carbonyl (C=O) groups excluding carboxylic acids is 2. The second-order valence-electron chi connectivity index (χ2n) is 8.34. The number of amides is 2. The van der Waals surface area contributed by atoms with Gasteiger partial charge in [-0.25, -0.2) is 9.97 Å². The van der Waals surface area contributed by atoms with Gasteiger partial charge in [0.1, 0.15) is 23.9 Å². The van der Waals surface area contributed by atoms with Gasteiger partial charge in [0.25, 0.3) is 0 Å². The molecular formula is C23H29N7O2. The molecule has 9 nitrogen and oxygen atoms in total. The van der Waals surface area contributed by atoms with E-state index in [0.29, 0.717) is 36.7 Å². The summed E-state index contributed by atoms with van der Waals surface area (Å²) in [5, 5.41) is 6.13. The first kappa shape index (κ1) is 21.9. The van der Waals surface area contributed by atoms with Crippen LogP contribution in [-0.4, -0.2) is 71.5 Å². The smallest absolute Gasteiger partial charge is 0.238 e. The number of aliphatic imine (C=N–C) groups is 1. The van der Waals surface area contributed by atoms with E-state index in [1.807, 2.05) is 25.2 Å². The quantitative estimate of drug-likeness (QED) is 0.659. The Morgan fingerprint density at radius 2 is 1.91 bits per heavy atom. The van der Waals surface area contributed by atoms with E-state index in [0.717, 1.165) is 37.2 Å². The largest absolute Gasteiger partial charge is 0.370 e. The summed E-state index contributed by atoms with van der Waals surface area (Å²) in [6, 6.07) is 7.97. The van der Waals surface area contributed by atoms with Gasteiger partial charge in [0.15, 0.2) is 0 Å². The molecule has 0 radical (unpaired) electrons. The third-order valence-corrected chi connectivity index (χ3v) is 5.77. The van der Waals surface area contributed by atoms with Crippen LogP contribution in [0.3, 0.4) is 0 Å². The van der Waals surface area contributed by atoms with Gasteiger partial charge in [-0.05, 0) is 44.1 Å². The molecule has 168 valence electrons. The highest BCUT2D eigenvalue weighted by molar-refractivity contribution is 6.13. The van der Waals surface area contributed by atoms with Crippen LogP contribution in [0.4, 0.5) is 17.3 Å². The van der Waals surface area contributed by atoms with Crippen LogP contribution in [0.25, 0.3) is 0 Å². The molecule has 4 rings (SSSR count). The average Bonchev–Trinajstić information content (AvgIpc) is 3.10. The lowest BCUT2D eigenvalue weighted by Gasteiger charge is -2.20. The van der Waals surface area contributed by atoms with Gasteiger partial charge in [-0.1, -0.05) is 12.1 Å². The third kappa shape index (κ3) is 5.11. The zero-order valence-electron chi connectivity index (χ0n) is 18.5.